The number of hydrogen-bond acceptors (Lipinski definition) is 4. The Morgan fingerprint density at radius 2 is 1.29 bits per heavy atom. The molecular formula is C17H24O4. The summed E-state index contributed by atoms with van der Waals surface area (Å²) >= 11 is 0. The molecule has 116 valence electrons. The van der Waals surface area contributed by atoms with Crippen LogP contribution in [0.3, 0.4) is 0 Å². The van der Waals surface area contributed by atoms with Gasteiger partial charge in [-0.05, 0) is 39.5 Å². The number of carbonyl (C=O) groups is 2. The molecule has 0 atom stereocenters. The second-order valence-corrected chi connectivity index (χ2v) is 4.64. The quantitative estimate of drug-likeness (QED) is 0.269. The summed E-state index contributed by atoms with van der Waals surface area (Å²) in [5.74, 6) is 3.94. The SMILES string of the molecule is C#CCCCC(CCCC#C)(C(=O)OCC)C(=O)OCC. The molecule has 0 fully saturated rings. The Labute approximate surface area is 127 Å². The van der Waals surface area contributed by atoms with E-state index in [4.69, 9.17) is 22.3 Å². The largest absolute Gasteiger partial charge is 0.465 e. The van der Waals surface area contributed by atoms with Crippen molar-refractivity contribution >= 4 is 11.9 Å². The minimum absolute atomic E-state index is 0.213. The molecule has 0 spiro atoms. The van der Waals surface area contributed by atoms with E-state index < -0.39 is 17.4 Å². The molecule has 0 aromatic carbocycles. The van der Waals surface area contributed by atoms with Crippen molar-refractivity contribution in [1.29, 1.82) is 0 Å². The summed E-state index contributed by atoms with van der Waals surface area (Å²) < 4.78 is 10.2. The van der Waals surface area contributed by atoms with Crippen LogP contribution in [0.2, 0.25) is 0 Å². The van der Waals surface area contributed by atoms with Crippen molar-refractivity contribution in [2.24, 2.45) is 5.41 Å². The number of carbonyl (C=O) groups excluding carboxylic acids is 2. The highest BCUT2D eigenvalue weighted by molar-refractivity contribution is 6.00. The second-order valence-electron chi connectivity index (χ2n) is 4.64. The molecule has 0 aromatic rings. The Kier molecular flexibility index (Phi) is 9.80. The first-order chi connectivity index (χ1) is 10.1. The molecule has 0 aliphatic rings. The van der Waals surface area contributed by atoms with Gasteiger partial charge < -0.3 is 9.47 Å². The Morgan fingerprint density at radius 3 is 1.57 bits per heavy atom. The van der Waals surface area contributed by atoms with E-state index in [0.717, 1.165) is 0 Å². The molecule has 0 N–H and O–H groups in total. The number of unbranched alkanes of at least 4 members (excludes halogenated alkanes) is 2. The lowest BCUT2D eigenvalue weighted by Gasteiger charge is -2.28. The average Bonchev–Trinajstić information content (AvgIpc) is 2.46. The molecule has 0 saturated heterocycles. The van der Waals surface area contributed by atoms with Crippen LogP contribution in [0.4, 0.5) is 0 Å². The van der Waals surface area contributed by atoms with Crippen LogP contribution in [0.5, 0.6) is 0 Å². The minimum atomic E-state index is -1.29. The second kappa shape index (κ2) is 10.8. The molecule has 0 heterocycles. The van der Waals surface area contributed by atoms with Gasteiger partial charge in [0.2, 0.25) is 0 Å². The first-order valence-electron chi connectivity index (χ1n) is 7.30. The van der Waals surface area contributed by atoms with E-state index in [-0.39, 0.29) is 13.2 Å². The van der Waals surface area contributed by atoms with Gasteiger partial charge in [0.05, 0.1) is 13.2 Å². The van der Waals surface area contributed by atoms with Gasteiger partial charge in [-0.1, -0.05) is 0 Å². The summed E-state index contributed by atoms with van der Waals surface area (Å²) in [7, 11) is 0. The number of terminal acetylenes is 2. The monoisotopic (exact) mass is 292 g/mol. The molecule has 0 saturated carbocycles. The van der Waals surface area contributed by atoms with Gasteiger partial charge in [-0.15, -0.1) is 24.7 Å². The Bertz CT molecular complexity index is 371. The molecule has 4 nitrogen and oxygen atoms in total. The molecular weight excluding hydrogens is 268 g/mol. The molecule has 0 aliphatic carbocycles. The first-order valence-corrected chi connectivity index (χ1v) is 7.30. The molecule has 4 heteroatoms. The maximum Gasteiger partial charge on any atom is 0.323 e. The Balaban J connectivity index is 5.26. The van der Waals surface area contributed by atoms with Gasteiger partial charge in [0.15, 0.2) is 5.41 Å². The smallest absolute Gasteiger partial charge is 0.323 e. The lowest BCUT2D eigenvalue weighted by atomic mass is 9.78. The van der Waals surface area contributed by atoms with Gasteiger partial charge >= 0.3 is 11.9 Å². The molecule has 0 rings (SSSR count). The van der Waals surface area contributed by atoms with Crippen molar-refractivity contribution in [3.8, 4) is 24.7 Å². The molecule has 0 aromatic heterocycles. The lowest BCUT2D eigenvalue weighted by Crippen LogP contribution is -2.42. The van der Waals surface area contributed by atoms with Crippen LogP contribution in [0.15, 0.2) is 0 Å². The topological polar surface area (TPSA) is 52.6 Å². The van der Waals surface area contributed by atoms with E-state index in [2.05, 4.69) is 11.8 Å². The summed E-state index contributed by atoms with van der Waals surface area (Å²) in [4.78, 5) is 24.7. The number of esters is 2. The van der Waals surface area contributed by atoms with Gasteiger partial charge in [-0.25, -0.2) is 0 Å². The fourth-order valence-electron chi connectivity index (χ4n) is 2.14. The molecule has 21 heavy (non-hydrogen) atoms. The zero-order chi connectivity index (χ0) is 16.1. The van der Waals surface area contributed by atoms with Crippen molar-refractivity contribution in [2.75, 3.05) is 13.2 Å². The van der Waals surface area contributed by atoms with Crippen molar-refractivity contribution in [3.63, 3.8) is 0 Å². The van der Waals surface area contributed by atoms with Crippen LogP contribution in [-0.2, 0) is 19.1 Å². The maximum atomic E-state index is 12.3. The normalized spacial score (nSPS) is 10.3. The van der Waals surface area contributed by atoms with Gasteiger partial charge in [0, 0.05) is 12.8 Å². The van der Waals surface area contributed by atoms with Crippen LogP contribution < -0.4 is 0 Å². The summed E-state index contributed by atoms with van der Waals surface area (Å²) in [5, 5.41) is 0. The molecule has 0 amide bonds. The van der Waals surface area contributed by atoms with E-state index in [0.29, 0.717) is 38.5 Å². The van der Waals surface area contributed by atoms with E-state index in [9.17, 15) is 9.59 Å². The molecule has 0 radical (unpaired) electrons. The first kappa shape index (κ1) is 19.1. The van der Waals surface area contributed by atoms with E-state index in [1.165, 1.54) is 0 Å². The Morgan fingerprint density at radius 1 is 0.905 bits per heavy atom. The highest BCUT2D eigenvalue weighted by Crippen LogP contribution is 2.34. The fraction of sp³-hybridized carbons (Fsp3) is 0.647. The van der Waals surface area contributed by atoms with E-state index in [1.54, 1.807) is 13.8 Å². The summed E-state index contributed by atoms with van der Waals surface area (Å²) in [6, 6.07) is 0. The third kappa shape index (κ3) is 5.92. The average molecular weight is 292 g/mol. The number of ether oxygens (including phenoxy) is 2. The van der Waals surface area contributed by atoms with Crippen LogP contribution in [0.25, 0.3) is 0 Å². The third-order valence-corrected chi connectivity index (χ3v) is 3.18. The predicted octanol–water partition coefficient (Wildman–Crippen LogP) is 2.71. The minimum Gasteiger partial charge on any atom is -0.465 e. The highest BCUT2D eigenvalue weighted by Gasteiger charge is 2.47. The van der Waals surface area contributed by atoms with Gasteiger partial charge in [-0.3, -0.25) is 9.59 Å². The number of hydrogen-bond donors (Lipinski definition) is 0. The van der Waals surface area contributed by atoms with Crippen molar-refractivity contribution < 1.29 is 19.1 Å². The number of rotatable bonds is 10. The van der Waals surface area contributed by atoms with Crippen LogP contribution >= 0.6 is 0 Å². The molecule has 0 aliphatic heterocycles. The van der Waals surface area contributed by atoms with Crippen molar-refractivity contribution in [3.05, 3.63) is 0 Å². The fourth-order valence-corrected chi connectivity index (χ4v) is 2.14. The maximum absolute atomic E-state index is 12.3. The lowest BCUT2D eigenvalue weighted by molar-refractivity contribution is -0.173. The zero-order valence-corrected chi connectivity index (χ0v) is 12.9. The van der Waals surface area contributed by atoms with Crippen molar-refractivity contribution in [1.82, 2.24) is 0 Å². The van der Waals surface area contributed by atoms with Gasteiger partial charge in [0.25, 0.3) is 0 Å². The van der Waals surface area contributed by atoms with Crippen LogP contribution in [0, 0.1) is 30.1 Å². The standard InChI is InChI=1S/C17H24O4/c1-5-9-11-13-17(14-12-10-6-2,15(18)20-7-3)16(19)21-8-4/h1-2H,7-14H2,3-4H3. The zero-order valence-electron chi connectivity index (χ0n) is 12.9. The van der Waals surface area contributed by atoms with Crippen LogP contribution in [0.1, 0.15) is 52.4 Å². The van der Waals surface area contributed by atoms with Gasteiger partial charge in [0.1, 0.15) is 0 Å². The highest BCUT2D eigenvalue weighted by atomic mass is 16.6. The molecule has 0 bridgehead atoms. The Hall–Kier alpha value is -1.94. The predicted molar refractivity (Wildman–Crippen MR) is 81.1 cm³/mol. The van der Waals surface area contributed by atoms with Crippen LogP contribution in [-0.4, -0.2) is 25.2 Å². The molecule has 0 unspecified atom stereocenters. The summed E-state index contributed by atoms with van der Waals surface area (Å²) in [5.41, 5.74) is -1.29. The third-order valence-electron chi connectivity index (χ3n) is 3.18. The summed E-state index contributed by atoms with van der Waals surface area (Å²) in [6.45, 7) is 3.84. The van der Waals surface area contributed by atoms with E-state index >= 15 is 0 Å². The van der Waals surface area contributed by atoms with E-state index in [1.807, 2.05) is 0 Å². The summed E-state index contributed by atoms with van der Waals surface area (Å²) in [6.07, 6.45) is 13.2. The van der Waals surface area contributed by atoms with Crippen molar-refractivity contribution in [2.45, 2.75) is 52.4 Å². The van der Waals surface area contributed by atoms with Gasteiger partial charge in [-0.2, -0.15) is 0 Å².